The first-order valence-corrected chi connectivity index (χ1v) is 6.56. The molecule has 1 aromatic carbocycles. The lowest BCUT2D eigenvalue weighted by atomic mass is 10.1. The molecule has 21 heavy (non-hydrogen) atoms. The smallest absolute Gasteiger partial charge is 0.253 e. The van der Waals surface area contributed by atoms with Crippen molar-refractivity contribution in [1.29, 1.82) is 0 Å². The number of nitrogens with one attached hydrogen (secondary N) is 1. The maximum atomic E-state index is 12.1. The van der Waals surface area contributed by atoms with Gasteiger partial charge >= 0.3 is 0 Å². The number of nitrogens with zero attached hydrogens (tertiary/aromatic N) is 1. The zero-order valence-corrected chi connectivity index (χ0v) is 13.2. The number of carbonyl (C=O) groups is 1. The van der Waals surface area contributed by atoms with Gasteiger partial charge in [-0.1, -0.05) is 17.3 Å². The van der Waals surface area contributed by atoms with Crippen molar-refractivity contribution in [2.24, 2.45) is 0 Å². The first-order valence-electron chi connectivity index (χ1n) is 6.56. The molecular formula is C15H20ClN3O2. The van der Waals surface area contributed by atoms with Gasteiger partial charge in [-0.15, -0.1) is 12.4 Å². The van der Waals surface area contributed by atoms with Gasteiger partial charge in [0.1, 0.15) is 5.76 Å². The fraction of sp³-hybridized carbons (Fsp3) is 0.333. The van der Waals surface area contributed by atoms with Crippen molar-refractivity contribution in [3.05, 3.63) is 46.8 Å². The Morgan fingerprint density at radius 3 is 2.62 bits per heavy atom. The molecule has 1 amide bonds. The number of para-hydroxylation sites is 1. The average Bonchev–Trinajstić information content (AvgIpc) is 2.71. The summed E-state index contributed by atoms with van der Waals surface area (Å²) in [6.45, 7) is 5.72. The van der Waals surface area contributed by atoms with Crippen LogP contribution in [0.25, 0.3) is 0 Å². The maximum absolute atomic E-state index is 12.1. The minimum absolute atomic E-state index is 0. The van der Waals surface area contributed by atoms with Gasteiger partial charge in [-0.05, 0) is 39.3 Å². The maximum Gasteiger partial charge on any atom is 0.253 e. The van der Waals surface area contributed by atoms with Gasteiger partial charge in [0.2, 0.25) is 0 Å². The average molecular weight is 310 g/mol. The highest BCUT2D eigenvalue weighted by Crippen LogP contribution is 2.15. The molecule has 0 aliphatic rings. The largest absolute Gasteiger partial charge is 0.398 e. The molecule has 114 valence electrons. The van der Waals surface area contributed by atoms with Crippen molar-refractivity contribution >= 4 is 24.0 Å². The third kappa shape index (κ3) is 3.98. The number of aryl methyl sites for hydroxylation is 2. The van der Waals surface area contributed by atoms with Gasteiger partial charge in [-0.2, -0.15) is 0 Å². The number of aromatic nitrogens is 1. The van der Waals surface area contributed by atoms with Crippen molar-refractivity contribution in [1.82, 2.24) is 10.5 Å². The Morgan fingerprint density at radius 1 is 1.38 bits per heavy atom. The lowest BCUT2D eigenvalue weighted by molar-refractivity contribution is 0.0941. The highest BCUT2D eigenvalue weighted by Gasteiger charge is 2.16. The zero-order valence-electron chi connectivity index (χ0n) is 12.3. The molecular weight excluding hydrogens is 290 g/mol. The molecule has 5 nitrogen and oxygen atoms in total. The van der Waals surface area contributed by atoms with Crippen molar-refractivity contribution in [3.63, 3.8) is 0 Å². The van der Waals surface area contributed by atoms with Crippen LogP contribution in [-0.4, -0.2) is 17.1 Å². The molecule has 0 saturated carbocycles. The molecule has 2 aromatic rings. The number of halogens is 1. The summed E-state index contributed by atoms with van der Waals surface area (Å²) in [7, 11) is 0. The first kappa shape index (κ1) is 17.0. The molecule has 0 aliphatic carbocycles. The highest BCUT2D eigenvalue weighted by atomic mass is 35.5. The summed E-state index contributed by atoms with van der Waals surface area (Å²) < 4.78 is 5.12. The van der Waals surface area contributed by atoms with Gasteiger partial charge in [-0.3, -0.25) is 4.79 Å². The van der Waals surface area contributed by atoms with Crippen molar-refractivity contribution in [2.45, 2.75) is 33.2 Å². The van der Waals surface area contributed by atoms with Gasteiger partial charge in [-0.25, -0.2) is 0 Å². The second-order valence-electron chi connectivity index (χ2n) is 4.97. The van der Waals surface area contributed by atoms with Crippen LogP contribution in [0.2, 0.25) is 0 Å². The Bertz CT molecular complexity index is 606. The third-order valence-corrected chi connectivity index (χ3v) is 3.27. The summed E-state index contributed by atoms with van der Waals surface area (Å²) in [4.78, 5) is 12.1. The molecule has 0 spiro atoms. The molecule has 0 bridgehead atoms. The van der Waals surface area contributed by atoms with Gasteiger partial charge in [0.25, 0.3) is 5.91 Å². The van der Waals surface area contributed by atoms with Gasteiger partial charge < -0.3 is 15.6 Å². The second-order valence-corrected chi connectivity index (χ2v) is 4.97. The summed E-state index contributed by atoms with van der Waals surface area (Å²) in [6, 6.07) is 7.00. The summed E-state index contributed by atoms with van der Waals surface area (Å²) in [6.07, 6.45) is 0.680. The molecule has 1 atom stereocenters. The molecule has 0 radical (unpaired) electrons. The fourth-order valence-electron chi connectivity index (χ4n) is 2.16. The van der Waals surface area contributed by atoms with Crippen LogP contribution in [0.5, 0.6) is 0 Å². The normalized spacial score (nSPS) is 11.6. The summed E-state index contributed by atoms with van der Waals surface area (Å²) in [5.41, 5.74) is 8.68. The van der Waals surface area contributed by atoms with Crippen LogP contribution in [-0.2, 0) is 6.42 Å². The van der Waals surface area contributed by atoms with Crippen molar-refractivity contribution < 1.29 is 9.32 Å². The van der Waals surface area contributed by atoms with Crippen LogP contribution < -0.4 is 11.1 Å². The Balaban J connectivity index is 0.00000220. The molecule has 2 rings (SSSR count). The van der Waals surface area contributed by atoms with Crippen LogP contribution in [0.3, 0.4) is 0 Å². The van der Waals surface area contributed by atoms with Gasteiger partial charge in [0.05, 0.1) is 11.3 Å². The topological polar surface area (TPSA) is 81.2 Å². The van der Waals surface area contributed by atoms with Crippen LogP contribution in [0.1, 0.15) is 34.3 Å². The van der Waals surface area contributed by atoms with Crippen LogP contribution in [0, 0.1) is 13.8 Å². The SMILES string of the molecule is Cc1noc(C)c1CC(C)NC(=O)c1ccccc1N.Cl. The summed E-state index contributed by atoms with van der Waals surface area (Å²) >= 11 is 0. The van der Waals surface area contributed by atoms with E-state index in [0.29, 0.717) is 17.7 Å². The summed E-state index contributed by atoms with van der Waals surface area (Å²) in [5.74, 6) is 0.630. The number of hydrogen-bond acceptors (Lipinski definition) is 4. The van der Waals surface area contributed by atoms with Crippen LogP contribution in [0.4, 0.5) is 5.69 Å². The summed E-state index contributed by atoms with van der Waals surface area (Å²) in [5, 5.41) is 6.85. The number of amides is 1. The van der Waals surface area contributed by atoms with E-state index in [4.69, 9.17) is 10.3 Å². The number of hydrogen-bond donors (Lipinski definition) is 2. The number of anilines is 1. The van der Waals surface area contributed by atoms with E-state index in [-0.39, 0.29) is 24.4 Å². The quantitative estimate of drug-likeness (QED) is 0.851. The van der Waals surface area contributed by atoms with E-state index in [9.17, 15) is 4.79 Å². The van der Waals surface area contributed by atoms with E-state index >= 15 is 0 Å². The number of benzene rings is 1. The fourth-order valence-corrected chi connectivity index (χ4v) is 2.16. The number of rotatable bonds is 4. The van der Waals surface area contributed by atoms with Crippen molar-refractivity contribution in [3.8, 4) is 0 Å². The predicted octanol–water partition coefficient (Wildman–Crippen LogP) is 2.66. The lowest BCUT2D eigenvalue weighted by Gasteiger charge is -2.14. The zero-order chi connectivity index (χ0) is 14.7. The standard InChI is InChI=1S/C15H19N3O2.ClH/c1-9(8-13-10(2)18-20-11(13)3)17-15(19)12-6-4-5-7-14(12)16;/h4-7,9H,8,16H2,1-3H3,(H,17,19);1H. The van der Waals surface area contributed by atoms with Crippen molar-refractivity contribution in [2.75, 3.05) is 5.73 Å². The lowest BCUT2D eigenvalue weighted by Crippen LogP contribution is -2.34. The van der Waals surface area contributed by atoms with Crippen LogP contribution >= 0.6 is 12.4 Å². The van der Waals surface area contributed by atoms with E-state index in [0.717, 1.165) is 17.0 Å². The second kappa shape index (κ2) is 7.13. The van der Waals surface area contributed by atoms with E-state index in [1.54, 1.807) is 24.3 Å². The molecule has 1 heterocycles. The Morgan fingerprint density at radius 2 is 2.05 bits per heavy atom. The molecule has 0 saturated heterocycles. The van der Waals surface area contributed by atoms with E-state index < -0.39 is 0 Å². The number of carbonyl (C=O) groups excluding carboxylic acids is 1. The van der Waals surface area contributed by atoms with E-state index in [1.165, 1.54) is 0 Å². The molecule has 6 heteroatoms. The number of nitrogens with two attached hydrogens (primary N) is 1. The third-order valence-electron chi connectivity index (χ3n) is 3.27. The first-order chi connectivity index (χ1) is 9.49. The van der Waals surface area contributed by atoms with E-state index in [2.05, 4.69) is 10.5 Å². The Hall–Kier alpha value is -2.01. The van der Waals surface area contributed by atoms with Gasteiger partial charge in [0, 0.05) is 17.3 Å². The van der Waals surface area contributed by atoms with E-state index in [1.807, 2.05) is 20.8 Å². The minimum Gasteiger partial charge on any atom is -0.398 e. The molecule has 3 N–H and O–H groups in total. The number of nitrogen functional groups attached to an aromatic ring is 1. The monoisotopic (exact) mass is 309 g/mol. The van der Waals surface area contributed by atoms with Gasteiger partial charge in [0.15, 0.2) is 0 Å². The molecule has 0 fully saturated rings. The molecule has 1 unspecified atom stereocenters. The highest BCUT2D eigenvalue weighted by molar-refractivity contribution is 5.99. The predicted molar refractivity (Wildman–Crippen MR) is 84.7 cm³/mol. The molecule has 0 aliphatic heterocycles. The van der Waals surface area contributed by atoms with Crippen LogP contribution in [0.15, 0.2) is 28.8 Å². The minimum atomic E-state index is -0.164. The molecule has 1 aromatic heterocycles. The Labute approximate surface area is 130 Å². The Kier molecular flexibility index (Phi) is 5.79.